The van der Waals surface area contributed by atoms with Gasteiger partial charge in [0.15, 0.2) is 0 Å². The molecule has 0 saturated carbocycles. The number of esters is 2. The zero-order valence-electron chi connectivity index (χ0n) is 16.1. The van der Waals surface area contributed by atoms with E-state index in [2.05, 4.69) is 31.9 Å². The van der Waals surface area contributed by atoms with Crippen LogP contribution in [0.5, 0.6) is 0 Å². The fraction of sp³-hybridized carbons (Fsp3) is 0.167. The Bertz CT molecular complexity index is 916. The van der Waals surface area contributed by atoms with Crippen LogP contribution in [-0.4, -0.2) is 25.2 Å². The van der Waals surface area contributed by atoms with Gasteiger partial charge in [-0.1, -0.05) is 68.3 Å². The highest BCUT2D eigenvalue weighted by molar-refractivity contribution is 9.10. The Kier molecular flexibility index (Phi) is 8.22. The second-order valence-corrected chi connectivity index (χ2v) is 8.40. The molecule has 30 heavy (non-hydrogen) atoms. The molecule has 4 nitrogen and oxygen atoms in total. The highest BCUT2D eigenvalue weighted by Crippen LogP contribution is 2.15. The number of carbonyl (C=O) groups is 2. The molecule has 3 aromatic carbocycles. The Hall–Kier alpha value is -2.44. The maximum atomic E-state index is 12.5. The van der Waals surface area contributed by atoms with Crippen LogP contribution in [0.15, 0.2) is 81.7 Å². The second-order valence-electron chi connectivity index (χ2n) is 6.57. The average molecular weight is 532 g/mol. The quantitative estimate of drug-likeness (QED) is 0.334. The molecule has 0 saturated heterocycles. The largest absolute Gasteiger partial charge is 0.462 e. The van der Waals surface area contributed by atoms with Crippen molar-refractivity contribution in [3.05, 3.63) is 104 Å². The number of hydrogen-bond acceptors (Lipinski definition) is 4. The maximum absolute atomic E-state index is 12.5. The monoisotopic (exact) mass is 530 g/mol. The van der Waals surface area contributed by atoms with E-state index < -0.39 is 11.9 Å². The molecule has 0 fully saturated rings. The van der Waals surface area contributed by atoms with Crippen molar-refractivity contribution in [2.24, 2.45) is 0 Å². The molecule has 0 heterocycles. The average Bonchev–Trinajstić information content (AvgIpc) is 2.76. The lowest BCUT2D eigenvalue weighted by Crippen LogP contribution is -2.16. The van der Waals surface area contributed by atoms with E-state index in [1.807, 2.05) is 48.5 Å². The summed E-state index contributed by atoms with van der Waals surface area (Å²) in [6.45, 7) is 0.459. The van der Waals surface area contributed by atoms with E-state index >= 15 is 0 Å². The molecular formula is C24H20Br2O4. The molecule has 0 atom stereocenters. The molecule has 0 aliphatic heterocycles. The van der Waals surface area contributed by atoms with E-state index in [0.717, 1.165) is 20.1 Å². The normalized spacial score (nSPS) is 10.5. The first-order chi connectivity index (χ1) is 14.5. The first-order valence-electron chi connectivity index (χ1n) is 9.45. The van der Waals surface area contributed by atoms with Gasteiger partial charge in [0.2, 0.25) is 0 Å². The lowest BCUT2D eigenvalue weighted by Gasteiger charge is -2.10. The summed E-state index contributed by atoms with van der Waals surface area (Å²) in [7, 11) is 0. The molecule has 0 bridgehead atoms. The molecule has 3 aromatic rings. The Morgan fingerprint density at radius 2 is 0.967 bits per heavy atom. The zero-order chi connectivity index (χ0) is 21.3. The third-order valence-electron chi connectivity index (χ3n) is 4.44. The molecule has 0 N–H and O–H groups in total. The van der Waals surface area contributed by atoms with Crippen LogP contribution in [0.4, 0.5) is 0 Å². The Morgan fingerprint density at radius 1 is 0.600 bits per heavy atom. The van der Waals surface area contributed by atoms with E-state index in [1.165, 1.54) is 0 Å². The minimum absolute atomic E-state index is 0.210. The summed E-state index contributed by atoms with van der Waals surface area (Å²) in [5.74, 6) is -1.07. The first kappa shape index (κ1) is 22.2. The number of hydrogen-bond donors (Lipinski definition) is 0. The lowest BCUT2D eigenvalue weighted by molar-refractivity contribution is 0.0462. The molecule has 0 aliphatic rings. The highest BCUT2D eigenvalue weighted by atomic mass is 79.9. The van der Waals surface area contributed by atoms with E-state index in [0.29, 0.717) is 12.8 Å². The van der Waals surface area contributed by atoms with Gasteiger partial charge in [-0.3, -0.25) is 0 Å². The van der Waals surface area contributed by atoms with Crippen LogP contribution < -0.4 is 0 Å². The summed E-state index contributed by atoms with van der Waals surface area (Å²) in [6, 6.07) is 22.2. The van der Waals surface area contributed by atoms with Crippen molar-refractivity contribution in [3.8, 4) is 0 Å². The smallest absolute Gasteiger partial charge is 0.339 e. The summed E-state index contributed by atoms with van der Waals surface area (Å²) >= 11 is 6.78. The van der Waals surface area contributed by atoms with Crippen molar-refractivity contribution in [1.82, 2.24) is 0 Å². The predicted molar refractivity (Wildman–Crippen MR) is 123 cm³/mol. The fourth-order valence-corrected chi connectivity index (χ4v) is 3.35. The van der Waals surface area contributed by atoms with Crippen molar-refractivity contribution in [1.29, 1.82) is 0 Å². The fourth-order valence-electron chi connectivity index (χ4n) is 2.82. The van der Waals surface area contributed by atoms with E-state index in [9.17, 15) is 9.59 Å². The van der Waals surface area contributed by atoms with Gasteiger partial charge in [-0.05, 0) is 47.5 Å². The van der Waals surface area contributed by atoms with Crippen molar-refractivity contribution < 1.29 is 19.1 Å². The van der Waals surface area contributed by atoms with Gasteiger partial charge in [0, 0.05) is 21.8 Å². The van der Waals surface area contributed by atoms with Gasteiger partial charge in [-0.15, -0.1) is 0 Å². The zero-order valence-corrected chi connectivity index (χ0v) is 19.3. The number of ether oxygens (including phenoxy) is 2. The van der Waals surface area contributed by atoms with Crippen LogP contribution in [0.2, 0.25) is 0 Å². The highest BCUT2D eigenvalue weighted by Gasteiger charge is 2.19. The third-order valence-corrected chi connectivity index (χ3v) is 5.50. The number of rotatable bonds is 8. The molecule has 154 valence electrons. The molecule has 0 aliphatic carbocycles. The molecule has 6 heteroatoms. The summed E-state index contributed by atoms with van der Waals surface area (Å²) in [5.41, 5.74) is 2.54. The summed E-state index contributed by atoms with van der Waals surface area (Å²) in [6.07, 6.45) is 1.19. The SMILES string of the molecule is O=C(OCCc1ccc(Br)cc1)c1ccccc1C(=O)OCCc1ccc(Br)cc1. The molecule has 0 amide bonds. The summed E-state index contributed by atoms with van der Waals surface area (Å²) in [4.78, 5) is 25.0. The van der Waals surface area contributed by atoms with Crippen LogP contribution in [0, 0.1) is 0 Å². The van der Waals surface area contributed by atoms with Crippen molar-refractivity contribution in [2.45, 2.75) is 12.8 Å². The first-order valence-corrected chi connectivity index (χ1v) is 11.0. The van der Waals surface area contributed by atoms with E-state index in [4.69, 9.17) is 9.47 Å². The minimum Gasteiger partial charge on any atom is -0.462 e. The van der Waals surface area contributed by atoms with Gasteiger partial charge in [0.05, 0.1) is 24.3 Å². The molecule has 0 unspecified atom stereocenters. The summed E-state index contributed by atoms with van der Waals surface area (Å²) in [5, 5.41) is 0. The molecule has 0 radical (unpaired) electrons. The Balaban J connectivity index is 1.54. The summed E-state index contributed by atoms with van der Waals surface area (Å²) < 4.78 is 12.7. The number of halogens is 2. The van der Waals surface area contributed by atoms with Crippen molar-refractivity contribution in [2.75, 3.05) is 13.2 Å². The van der Waals surface area contributed by atoms with Gasteiger partial charge in [0.1, 0.15) is 0 Å². The number of benzene rings is 3. The topological polar surface area (TPSA) is 52.6 Å². The maximum Gasteiger partial charge on any atom is 0.339 e. The van der Waals surface area contributed by atoms with Crippen LogP contribution in [0.3, 0.4) is 0 Å². The van der Waals surface area contributed by atoms with Gasteiger partial charge in [0.25, 0.3) is 0 Å². The van der Waals surface area contributed by atoms with Crippen molar-refractivity contribution in [3.63, 3.8) is 0 Å². The van der Waals surface area contributed by atoms with Crippen LogP contribution in [0.25, 0.3) is 0 Å². The minimum atomic E-state index is -0.535. The molecule has 0 aromatic heterocycles. The Labute approximate surface area is 192 Å². The predicted octanol–water partition coefficient (Wildman–Crippen LogP) is 6.01. The van der Waals surface area contributed by atoms with Gasteiger partial charge < -0.3 is 9.47 Å². The Morgan fingerprint density at radius 3 is 1.33 bits per heavy atom. The van der Waals surface area contributed by atoms with E-state index in [-0.39, 0.29) is 24.3 Å². The number of carbonyl (C=O) groups excluding carboxylic acids is 2. The van der Waals surface area contributed by atoms with Crippen molar-refractivity contribution >= 4 is 43.8 Å². The van der Waals surface area contributed by atoms with E-state index in [1.54, 1.807) is 24.3 Å². The molecular weight excluding hydrogens is 512 g/mol. The lowest BCUT2D eigenvalue weighted by atomic mass is 10.1. The third kappa shape index (κ3) is 6.54. The van der Waals surface area contributed by atoms with Gasteiger partial charge >= 0.3 is 11.9 Å². The van der Waals surface area contributed by atoms with Crippen LogP contribution in [0.1, 0.15) is 31.8 Å². The van der Waals surface area contributed by atoms with Crippen LogP contribution >= 0.6 is 31.9 Å². The standard InChI is InChI=1S/C24H20Br2O4/c25-19-9-5-17(6-10-19)13-15-29-23(27)21-3-1-2-4-22(21)24(28)30-16-14-18-7-11-20(26)12-8-18/h1-12H,13-16H2. The second kappa shape index (κ2) is 11.1. The molecule has 0 spiro atoms. The van der Waals surface area contributed by atoms with Gasteiger partial charge in [-0.25, -0.2) is 9.59 Å². The van der Waals surface area contributed by atoms with Gasteiger partial charge in [-0.2, -0.15) is 0 Å². The van der Waals surface area contributed by atoms with Crippen LogP contribution in [-0.2, 0) is 22.3 Å². The molecule has 3 rings (SSSR count).